The van der Waals surface area contributed by atoms with Gasteiger partial charge in [0.25, 0.3) is 0 Å². The molecular weight excluding hydrogens is 352 g/mol. The van der Waals surface area contributed by atoms with Crippen molar-refractivity contribution in [3.63, 3.8) is 0 Å². The van der Waals surface area contributed by atoms with E-state index in [1.54, 1.807) is 24.3 Å². The first-order valence-corrected chi connectivity index (χ1v) is 8.07. The molecule has 0 spiro atoms. The minimum atomic E-state index is -0.265. The number of rotatable bonds is 6. The molecule has 0 aliphatic heterocycles. The molecule has 142 valence electrons. The summed E-state index contributed by atoms with van der Waals surface area (Å²) < 4.78 is 32.7. The molecule has 1 heterocycles. The summed E-state index contributed by atoms with van der Waals surface area (Å²) in [6.45, 7) is 0. The zero-order chi connectivity index (χ0) is 19.6. The van der Waals surface area contributed by atoms with Crippen LogP contribution in [-0.2, 0) is 0 Å². The summed E-state index contributed by atoms with van der Waals surface area (Å²) in [5, 5.41) is 0.306. The van der Waals surface area contributed by atoms with Gasteiger partial charge in [0.05, 0.1) is 41.1 Å². The van der Waals surface area contributed by atoms with Crippen molar-refractivity contribution in [2.45, 2.75) is 0 Å². The molecule has 0 bridgehead atoms. The zero-order valence-electron chi connectivity index (χ0n) is 15.7. The molecule has 3 rings (SSSR count). The third-order valence-electron chi connectivity index (χ3n) is 4.21. The Bertz CT molecular complexity index is 1040. The standard InChI is InChI=1S/C20H20O7/c1-22-14-9-8-13-17(19(14)25-4)12(21)10-16(27-13)11-6-7-15(23-2)20(26-5)18(11)24-3/h6-10H,1-5H3. The molecule has 2 aromatic carbocycles. The molecular formula is C20H20O7. The lowest BCUT2D eigenvalue weighted by molar-refractivity contribution is 0.325. The topological polar surface area (TPSA) is 76.4 Å². The molecule has 0 unspecified atom stereocenters. The number of hydrogen-bond donors (Lipinski definition) is 0. The van der Waals surface area contributed by atoms with Crippen LogP contribution in [0.25, 0.3) is 22.3 Å². The van der Waals surface area contributed by atoms with Gasteiger partial charge in [-0.25, -0.2) is 0 Å². The Morgan fingerprint density at radius 2 is 1.30 bits per heavy atom. The molecule has 0 saturated heterocycles. The molecule has 0 amide bonds. The Labute approximate surface area is 156 Å². The van der Waals surface area contributed by atoms with Crippen LogP contribution in [-0.4, -0.2) is 35.5 Å². The van der Waals surface area contributed by atoms with Crippen LogP contribution < -0.4 is 29.1 Å². The average Bonchev–Trinajstić information content (AvgIpc) is 2.71. The van der Waals surface area contributed by atoms with Crippen LogP contribution in [0.1, 0.15) is 0 Å². The molecule has 7 nitrogen and oxygen atoms in total. The second-order valence-corrected chi connectivity index (χ2v) is 5.53. The first-order valence-electron chi connectivity index (χ1n) is 8.07. The fraction of sp³-hybridized carbons (Fsp3) is 0.250. The van der Waals surface area contributed by atoms with E-state index in [0.717, 1.165) is 0 Å². The lowest BCUT2D eigenvalue weighted by Crippen LogP contribution is -2.04. The number of methoxy groups -OCH3 is 5. The third-order valence-corrected chi connectivity index (χ3v) is 4.21. The van der Waals surface area contributed by atoms with Crippen molar-refractivity contribution < 1.29 is 28.1 Å². The first kappa shape index (κ1) is 18.4. The van der Waals surface area contributed by atoms with E-state index in [4.69, 9.17) is 28.1 Å². The molecule has 0 fully saturated rings. The van der Waals surface area contributed by atoms with Crippen LogP contribution in [0.5, 0.6) is 28.7 Å². The summed E-state index contributed by atoms with van der Waals surface area (Å²) in [7, 11) is 7.54. The van der Waals surface area contributed by atoms with Crippen molar-refractivity contribution in [1.29, 1.82) is 0 Å². The minimum Gasteiger partial charge on any atom is -0.493 e. The normalized spacial score (nSPS) is 10.6. The summed E-state index contributed by atoms with van der Waals surface area (Å²) in [6, 6.07) is 8.18. The molecule has 0 aliphatic rings. The van der Waals surface area contributed by atoms with E-state index < -0.39 is 0 Å². The predicted octanol–water partition coefficient (Wildman–Crippen LogP) is 3.50. The van der Waals surface area contributed by atoms with Crippen LogP contribution in [0.4, 0.5) is 0 Å². The van der Waals surface area contributed by atoms with Crippen LogP contribution in [0.2, 0.25) is 0 Å². The van der Waals surface area contributed by atoms with Gasteiger partial charge in [0.15, 0.2) is 28.4 Å². The quantitative estimate of drug-likeness (QED) is 0.655. The molecule has 0 aliphatic carbocycles. The number of hydrogen-bond acceptors (Lipinski definition) is 7. The molecule has 0 saturated carbocycles. The van der Waals surface area contributed by atoms with Crippen LogP contribution in [0.15, 0.2) is 39.5 Å². The van der Waals surface area contributed by atoms with Crippen molar-refractivity contribution in [2.75, 3.05) is 35.5 Å². The highest BCUT2D eigenvalue weighted by Crippen LogP contribution is 2.44. The summed E-state index contributed by atoms with van der Waals surface area (Å²) in [4.78, 5) is 12.8. The number of fused-ring (bicyclic) bond motifs is 1. The van der Waals surface area contributed by atoms with E-state index >= 15 is 0 Å². The fourth-order valence-corrected chi connectivity index (χ4v) is 2.99. The van der Waals surface area contributed by atoms with Crippen LogP contribution in [0, 0.1) is 0 Å². The van der Waals surface area contributed by atoms with Gasteiger partial charge in [0.2, 0.25) is 5.75 Å². The van der Waals surface area contributed by atoms with E-state index in [9.17, 15) is 4.79 Å². The fourth-order valence-electron chi connectivity index (χ4n) is 2.99. The lowest BCUT2D eigenvalue weighted by Gasteiger charge is -2.16. The number of ether oxygens (including phenoxy) is 5. The summed E-state index contributed by atoms with van der Waals surface area (Å²) in [6.07, 6.45) is 0. The number of benzene rings is 2. The molecule has 0 radical (unpaired) electrons. The molecule has 0 atom stereocenters. The molecule has 27 heavy (non-hydrogen) atoms. The smallest absolute Gasteiger partial charge is 0.204 e. The van der Waals surface area contributed by atoms with Crippen molar-refractivity contribution in [3.8, 4) is 40.1 Å². The Morgan fingerprint density at radius 3 is 1.89 bits per heavy atom. The Balaban J connectivity index is 2.30. The average molecular weight is 372 g/mol. The SMILES string of the molecule is COc1ccc(-c2cc(=O)c3c(OC)c(OC)ccc3o2)c(OC)c1OC. The summed E-state index contributed by atoms with van der Waals surface area (Å²) in [5.74, 6) is 2.43. The Hall–Kier alpha value is -3.35. The predicted molar refractivity (Wildman–Crippen MR) is 101 cm³/mol. The van der Waals surface area contributed by atoms with Gasteiger partial charge in [0.1, 0.15) is 16.7 Å². The third kappa shape index (κ3) is 3.01. The minimum absolute atomic E-state index is 0.265. The highest BCUT2D eigenvalue weighted by atomic mass is 16.5. The second kappa shape index (κ2) is 7.49. The Morgan fingerprint density at radius 1 is 0.704 bits per heavy atom. The highest BCUT2D eigenvalue weighted by Gasteiger charge is 2.21. The van der Waals surface area contributed by atoms with Crippen molar-refractivity contribution in [2.24, 2.45) is 0 Å². The maximum Gasteiger partial charge on any atom is 0.204 e. The van der Waals surface area contributed by atoms with Gasteiger partial charge in [-0.3, -0.25) is 4.79 Å². The molecule has 7 heteroatoms. The van der Waals surface area contributed by atoms with Gasteiger partial charge in [-0.15, -0.1) is 0 Å². The Kier molecular flexibility index (Phi) is 5.12. The first-order chi connectivity index (χ1) is 13.1. The van der Waals surface area contributed by atoms with Crippen LogP contribution >= 0.6 is 0 Å². The zero-order valence-corrected chi connectivity index (χ0v) is 15.7. The van der Waals surface area contributed by atoms with Gasteiger partial charge in [-0.2, -0.15) is 0 Å². The maximum atomic E-state index is 12.8. The molecule has 3 aromatic rings. The van der Waals surface area contributed by atoms with Crippen molar-refractivity contribution >= 4 is 11.0 Å². The van der Waals surface area contributed by atoms with Gasteiger partial charge < -0.3 is 28.1 Å². The van der Waals surface area contributed by atoms with E-state index in [2.05, 4.69) is 0 Å². The molecule has 0 N–H and O–H groups in total. The van der Waals surface area contributed by atoms with Gasteiger partial charge in [-0.05, 0) is 24.3 Å². The lowest BCUT2D eigenvalue weighted by atomic mass is 10.1. The summed E-state index contributed by atoms with van der Waals surface area (Å²) in [5.41, 5.74) is 0.662. The largest absolute Gasteiger partial charge is 0.493 e. The van der Waals surface area contributed by atoms with Crippen molar-refractivity contribution in [1.82, 2.24) is 0 Å². The van der Waals surface area contributed by atoms with Crippen LogP contribution in [0.3, 0.4) is 0 Å². The van der Waals surface area contributed by atoms with Gasteiger partial charge in [0, 0.05) is 6.07 Å². The van der Waals surface area contributed by atoms with E-state index in [-0.39, 0.29) is 5.43 Å². The summed E-state index contributed by atoms with van der Waals surface area (Å²) >= 11 is 0. The van der Waals surface area contributed by atoms with E-state index in [0.29, 0.717) is 51.0 Å². The van der Waals surface area contributed by atoms with E-state index in [1.165, 1.54) is 41.6 Å². The second-order valence-electron chi connectivity index (χ2n) is 5.53. The van der Waals surface area contributed by atoms with Gasteiger partial charge in [-0.1, -0.05) is 0 Å². The highest BCUT2D eigenvalue weighted by molar-refractivity contribution is 5.88. The maximum absolute atomic E-state index is 12.8. The van der Waals surface area contributed by atoms with Crippen molar-refractivity contribution in [3.05, 3.63) is 40.6 Å². The molecule has 1 aromatic heterocycles. The van der Waals surface area contributed by atoms with E-state index in [1.807, 2.05) is 0 Å². The van der Waals surface area contributed by atoms with Gasteiger partial charge >= 0.3 is 0 Å². The monoisotopic (exact) mass is 372 g/mol.